The van der Waals surface area contributed by atoms with Crippen LogP contribution in [0.25, 0.3) is 0 Å². The first-order valence-electron chi connectivity index (χ1n) is 11.9. The second-order valence-corrected chi connectivity index (χ2v) is 10.5. The summed E-state index contributed by atoms with van der Waals surface area (Å²) in [6.45, 7) is 5.07. The fraction of sp³-hybridized carbons (Fsp3) is 0.321. The van der Waals surface area contributed by atoms with Crippen molar-refractivity contribution in [1.29, 1.82) is 0 Å². The molecule has 0 fully saturated rings. The largest absolute Gasteiger partial charge is 0.491 e. The van der Waals surface area contributed by atoms with Crippen molar-refractivity contribution in [3.63, 3.8) is 0 Å². The van der Waals surface area contributed by atoms with Crippen LogP contribution in [-0.2, 0) is 23.0 Å². The molecule has 0 unspecified atom stereocenters. The molecule has 0 heterocycles. The van der Waals surface area contributed by atoms with E-state index in [4.69, 9.17) is 4.74 Å². The molecule has 0 saturated carbocycles. The monoisotopic (exact) mass is 494 g/mol. The maximum Gasteiger partial charge on any atom is 0.251 e. The predicted octanol–water partition coefficient (Wildman–Crippen LogP) is 5.11. The lowest BCUT2D eigenvalue weighted by Crippen LogP contribution is -2.29. The fourth-order valence-electron chi connectivity index (χ4n) is 3.68. The van der Waals surface area contributed by atoms with Gasteiger partial charge in [-0.25, -0.2) is 8.42 Å². The number of rotatable bonds is 12. The minimum Gasteiger partial charge on any atom is -0.491 e. The number of benzene rings is 3. The summed E-state index contributed by atoms with van der Waals surface area (Å²) in [5, 5.41) is 2.85. The van der Waals surface area contributed by atoms with E-state index in [-0.39, 0.29) is 12.5 Å². The summed E-state index contributed by atoms with van der Waals surface area (Å²) in [5.41, 5.74) is 4.18. The van der Waals surface area contributed by atoms with Crippen LogP contribution in [0.15, 0.2) is 72.8 Å². The average molecular weight is 495 g/mol. The summed E-state index contributed by atoms with van der Waals surface area (Å²) >= 11 is 0. The summed E-state index contributed by atoms with van der Waals surface area (Å²) in [5.74, 6) is 0.602. The van der Waals surface area contributed by atoms with E-state index in [9.17, 15) is 13.2 Å². The molecule has 0 aromatic heterocycles. The van der Waals surface area contributed by atoms with Crippen molar-refractivity contribution in [1.82, 2.24) is 5.32 Å². The average Bonchev–Trinajstić information content (AvgIpc) is 2.85. The van der Waals surface area contributed by atoms with E-state index in [1.807, 2.05) is 55.5 Å². The fourth-order valence-corrected chi connectivity index (χ4v) is 4.57. The van der Waals surface area contributed by atoms with Gasteiger partial charge in [-0.05, 0) is 66.8 Å². The SMILES string of the molecule is CCCCc1ccc(N(Cc2ccc(C(=O)NCCOc3ccccc3C)cc2)S(C)(=O)=O)cc1. The molecule has 0 aliphatic heterocycles. The number of amides is 1. The number of para-hydroxylation sites is 1. The molecule has 35 heavy (non-hydrogen) atoms. The van der Waals surface area contributed by atoms with Gasteiger partial charge in [-0.15, -0.1) is 0 Å². The van der Waals surface area contributed by atoms with Gasteiger partial charge in [0.2, 0.25) is 10.0 Å². The van der Waals surface area contributed by atoms with Gasteiger partial charge in [-0.3, -0.25) is 9.10 Å². The van der Waals surface area contributed by atoms with Crippen LogP contribution in [0.1, 0.15) is 46.8 Å². The summed E-state index contributed by atoms with van der Waals surface area (Å²) in [6.07, 6.45) is 4.41. The van der Waals surface area contributed by atoms with Crippen molar-refractivity contribution in [2.24, 2.45) is 0 Å². The molecule has 1 N–H and O–H groups in total. The van der Waals surface area contributed by atoms with Gasteiger partial charge in [-0.2, -0.15) is 0 Å². The highest BCUT2D eigenvalue weighted by Crippen LogP contribution is 2.22. The Morgan fingerprint density at radius 3 is 2.23 bits per heavy atom. The van der Waals surface area contributed by atoms with Gasteiger partial charge in [0.25, 0.3) is 5.91 Å². The highest BCUT2D eigenvalue weighted by molar-refractivity contribution is 7.92. The van der Waals surface area contributed by atoms with Crippen LogP contribution >= 0.6 is 0 Å². The van der Waals surface area contributed by atoms with Crippen molar-refractivity contribution < 1.29 is 17.9 Å². The lowest BCUT2D eigenvalue weighted by atomic mass is 10.1. The van der Waals surface area contributed by atoms with Gasteiger partial charge in [0.15, 0.2) is 0 Å². The van der Waals surface area contributed by atoms with Crippen molar-refractivity contribution >= 4 is 21.6 Å². The molecule has 186 valence electrons. The number of hydrogen-bond donors (Lipinski definition) is 1. The third kappa shape index (κ3) is 7.86. The Bertz CT molecular complexity index is 1210. The Morgan fingerprint density at radius 1 is 0.943 bits per heavy atom. The van der Waals surface area contributed by atoms with Crippen LogP contribution in [0.5, 0.6) is 5.75 Å². The topological polar surface area (TPSA) is 75.7 Å². The van der Waals surface area contributed by atoms with E-state index in [2.05, 4.69) is 12.2 Å². The van der Waals surface area contributed by atoms with Crippen LogP contribution < -0.4 is 14.4 Å². The van der Waals surface area contributed by atoms with Crippen LogP contribution in [0, 0.1) is 6.92 Å². The Balaban J connectivity index is 1.58. The first kappa shape index (κ1) is 26.3. The van der Waals surface area contributed by atoms with Gasteiger partial charge in [0.1, 0.15) is 12.4 Å². The number of anilines is 1. The van der Waals surface area contributed by atoms with E-state index in [0.29, 0.717) is 24.4 Å². The smallest absolute Gasteiger partial charge is 0.251 e. The molecule has 0 aliphatic carbocycles. The summed E-state index contributed by atoms with van der Waals surface area (Å²) in [7, 11) is -3.47. The second-order valence-electron chi connectivity index (χ2n) is 8.61. The number of sulfonamides is 1. The molecule has 0 aliphatic rings. The molecular formula is C28H34N2O4S. The molecule has 7 heteroatoms. The standard InChI is InChI=1S/C28H34N2O4S/c1-4-5-9-23-13-17-26(18-14-23)30(35(3,32)33)21-24-11-15-25(16-12-24)28(31)29-19-20-34-27-10-7-6-8-22(27)2/h6-8,10-18H,4-5,9,19-21H2,1-3H3,(H,29,31). The highest BCUT2D eigenvalue weighted by Gasteiger charge is 2.18. The molecular weight excluding hydrogens is 460 g/mol. The van der Waals surface area contributed by atoms with Crippen LogP contribution in [-0.4, -0.2) is 33.7 Å². The normalized spacial score (nSPS) is 11.2. The van der Waals surface area contributed by atoms with E-state index in [1.165, 1.54) is 16.1 Å². The number of aryl methyl sites for hydroxylation is 2. The quantitative estimate of drug-likeness (QED) is 0.355. The summed E-state index contributed by atoms with van der Waals surface area (Å²) in [6, 6.07) is 22.4. The maximum absolute atomic E-state index is 12.5. The number of ether oxygens (including phenoxy) is 1. The third-order valence-electron chi connectivity index (χ3n) is 5.72. The number of carbonyl (C=O) groups excluding carboxylic acids is 1. The van der Waals surface area contributed by atoms with Gasteiger partial charge in [0.05, 0.1) is 25.0 Å². The van der Waals surface area contributed by atoms with E-state index >= 15 is 0 Å². The molecule has 0 saturated heterocycles. The number of nitrogens with zero attached hydrogens (tertiary/aromatic N) is 1. The molecule has 6 nitrogen and oxygen atoms in total. The van der Waals surface area contributed by atoms with Crippen LogP contribution in [0.4, 0.5) is 5.69 Å². The van der Waals surface area contributed by atoms with E-state index in [1.54, 1.807) is 24.3 Å². The molecule has 0 atom stereocenters. The van der Waals surface area contributed by atoms with Crippen LogP contribution in [0.3, 0.4) is 0 Å². The van der Waals surface area contributed by atoms with Crippen molar-refractivity contribution in [3.8, 4) is 5.75 Å². The van der Waals surface area contributed by atoms with Gasteiger partial charge < -0.3 is 10.1 Å². The molecule has 1 amide bonds. The Hall–Kier alpha value is -3.32. The molecule has 0 radical (unpaired) electrons. The zero-order valence-corrected chi connectivity index (χ0v) is 21.5. The summed E-state index contributed by atoms with van der Waals surface area (Å²) in [4.78, 5) is 12.5. The number of nitrogens with one attached hydrogen (secondary N) is 1. The number of unbranched alkanes of at least 4 members (excludes halogenated alkanes) is 1. The van der Waals surface area contributed by atoms with Gasteiger partial charge in [-0.1, -0.05) is 55.8 Å². The van der Waals surface area contributed by atoms with Crippen LogP contribution in [0.2, 0.25) is 0 Å². The van der Waals surface area contributed by atoms with E-state index < -0.39 is 10.0 Å². The first-order valence-corrected chi connectivity index (χ1v) is 13.7. The van der Waals surface area contributed by atoms with Crippen molar-refractivity contribution in [3.05, 3.63) is 95.1 Å². The summed E-state index contributed by atoms with van der Waals surface area (Å²) < 4.78 is 32.1. The third-order valence-corrected chi connectivity index (χ3v) is 6.87. The minimum atomic E-state index is -3.47. The molecule has 0 spiro atoms. The Labute approximate surface area is 209 Å². The maximum atomic E-state index is 12.5. The molecule has 3 aromatic rings. The highest BCUT2D eigenvalue weighted by atomic mass is 32.2. The van der Waals surface area contributed by atoms with Gasteiger partial charge in [0, 0.05) is 5.56 Å². The Kier molecular flexibility index (Phi) is 9.32. The lowest BCUT2D eigenvalue weighted by molar-refractivity contribution is 0.0947. The predicted molar refractivity (Wildman–Crippen MR) is 142 cm³/mol. The molecule has 0 bridgehead atoms. The zero-order valence-electron chi connectivity index (χ0n) is 20.7. The van der Waals surface area contributed by atoms with Crippen molar-refractivity contribution in [2.75, 3.05) is 23.7 Å². The first-order chi connectivity index (χ1) is 16.8. The zero-order chi connectivity index (χ0) is 25.3. The lowest BCUT2D eigenvalue weighted by Gasteiger charge is -2.23. The molecule has 3 rings (SSSR count). The number of hydrogen-bond acceptors (Lipinski definition) is 4. The number of carbonyl (C=O) groups is 1. The van der Waals surface area contributed by atoms with Gasteiger partial charge >= 0.3 is 0 Å². The van der Waals surface area contributed by atoms with Crippen molar-refractivity contribution in [2.45, 2.75) is 39.7 Å². The second kappa shape index (κ2) is 12.4. The Morgan fingerprint density at radius 2 is 1.60 bits per heavy atom. The van der Waals surface area contributed by atoms with E-state index in [0.717, 1.165) is 36.1 Å². The molecule has 3 aromatic carbocycles. The minimum absolute atomic E-state index is 0.194.